The summed E-state index contributed by atoms with van der Waals surface area (Å²) in [5, 5.41) is 0.786. The van der Waals surface area contributed by atoms with E-state index in [1.807, 2.05) is 6.92 Å². The maximum absolute atomic E-state index is 12.3. The topological polar surface area (TPSA) is 40.6 Å². The van der Waals surface area contributed by atoms with Crippen molar-refractivity contribution in [2.24, 2.45) is 0 Å². The second-order valence-corrected chi connectivity index (χ2v) is 5.33. The van der Waals surface area contributed by atoms with Gasteiger partial charge in [0.15, 0.2) is 0 Å². The van der Waals surface area contributed by atoms with Crippen LogP contribution in [0.3, 0.4) is 0 Å². The Balaban J connectivity index is 2.39. The predicted molar refractivity (Wildman–Crippen MR) is 75.8 cm³/mol. The molecule has 19 heavy (non-hydrogen) atoms. The third kappa shape index (κ3) is 2.55. The lowest BCUT2D eigenvalue weighted by atomic mass is 10.2. The van der Waals surface area contributed by atoms with Gasteiger partial charge < -0.3 is 4.90 Å². The van der Waals surface area contributed by atoms with Crippen LogP contribution in [0.5, 0.6) is 0 Å². The van der Waals surface area contributed by atoms with Gasteiger partial charge in [-0.05, 0) is 31.5 Å². The van der Waals surface area contributed by atoms with E-state index >= 15 is 0 Å². The molecule has 1 atom stereocenters. The molecule has 1 aliphatic heterocycles. The highest BCUT2D eigenvalue weighted by Crippen LogP contribution is 2.30. The second-order valence-electron chi connectivity index (χ2n) is 4.45. The number of carbonyl (C=O) groups excluding carboxylic acids is 2. The normalized spacial score (nSPS) is 19.5. The average molecular weight is 301 g/mol. The summed E-state index contributed by atoms with van der Waals surface area (Å²) in [5.74, 6) is -0.253. The molecule has 6 heteroatoms. The molecule has 1 saturated heterocycles. The second kappa shape index (κ2) is 5.39. The molecule has 1 fully saturated rings. The minimum absolute atomic E-state index is 0.253. The van der Waals surface area contributed by atoms with E-state index in [9.17, 15) is 9.59 Å². The molecule has 0 bridgehead atoms. The minimum atomic E-state index is -0.454. The lowest BCUT2D eigenvalue weighted by Gasteiger charge is -2.18. The first-order valence-corrected chi connectivity index (χ1v) is 6.82. The van der Waals surface area contributed by atoms with Gasteiger partial charge in [-0.3, -0.25) is 4.79 Å². The predicted octanol–water partition coefficient (Wildman–Crippen LogP) is 3.56. The summed E-state index contributed by atoms with van der Waals surface area (Å²) in [6.07, 6.45) is 0.799. The van der Waals surface area contributed by atoms with Crippen molar-refractivity contribution >= 4 is 40.8 Å². The maximum atomic E-state index is 12.3. The molecule has 1 heterocycles. The van der Waals surface area contributed by atoms with Crippen molar-refractivity contribution in [1.29, 1.82) is 0 Å². The van der Waals surface area contributed by atoms with Gasteiger partial charge in [0.05, 0.1) is 5.69 Å². The van der Waals surface area contributed by atoms with Crippen LogP contribution in [-0.2, 0) is 4.79 Å². The number of halogens is 2. The minimum Gasteiger partial charge on any atom is -0.312 e. The first-order valence-electron chi connectivity index (χ1n) is 6.06. The monoisotopic (exact) mass is 300 g/mol. The molecule has 0 N–H and O–H groups in total. The molecule has 1 aromatic rings. The highest BCUT2D eigenvalue weighted by Gasteiger charge is 2.42. The fourth-order valence-electron chi connectivity index (χ4n) is 2.14. The number of imide groups is 1. The average Bonchev–Trinajstić information content (AvgIpc) is 2.52. The number of amides is 3. The summed E-state index contributed by atoms with van der Waals surface area (Å²) >= 11 is 11.8. The van der Waals surface area contributed by atoms with Crippen LogP contribution in [-0.4, -0.2) is 29.4 Å². The molecular formula is C13H14Cl2N2O2. The van der Waals surface area contributed by atoms with Crippen LogP contribution in [0, 0.1) is 0 Å². The van der Waals surface area contributed by atoms with E-state index in [1.165, 1.54) is 0 Å². The maximum Gasteiger partial charge on any atom is 0.332 e. The largest absolute Gasteiger partial charge is 0.332 e. The number of carbonyl (C=O) groups is 2. The van der Waals surface area contributed by atoms with Crippen molar-refractivity contribution in [3.8, 4) is 0 Å². The Kier molecular flexibility index (Phi) is 4.02. The van der Waals surface area contributed by atoms with Crippen LogP contribution < -0.4 is 4.90 Å². The van der Waals surface area contributed by atoms with Gasteiger partial charge in [-0.15, -0.1) is 0 Å². The SMILES string of the molecule is CCCN1C(=O)N(c2cc(Cl)cc(Cl)c2)C(=O)C1C. The van der Waals surface area contributed by atoms with Crippen LogP contribution in [0.1, 0.15) is 20.3 Å². The Labute approximate surface area is 121 Å². The van der Waals surface area contributed by atoms with Crippen molar-refractivity contribution in [3.63, 3.8) is 0 Å². The van der Waals surface area contributed by atoms with Crippen molar-refractivity contribution in [2.75, 3.05) is 11.4 Å². The van der Waals surface area contributed by atoms with E-state index in [0.717, 1.165) is 11.3 Å². The fourth-order valence-corrected chi connectivity index (χ4v) is 2.66. The number of hydrogen-bond donors (Lipinski definition) is 0. The standard InChI is InChI=1S/C13H14Cl2N2O2/c1-3-4-16-8(2)12(18)17(13(16)19)11-6-9(14)5-10(15)7-11/h5-8H,3-4H2,1-2H3. The first-order chi connectivity index (χ1) is 8.95. The molecular weight excluding hydrogens is 287 g/mol. The van der Waals surface area contributed by atoms with Gasteiger partial charge >= 0.3 is 6.03 Å². The van der Waals surface area contributed by atoms with Gasteiger partial charge in [0, 0.05) is 16.6 Å². The molecule has 0 saturated carbocycles. The zero-order valence-corrected chi connectivity index (χ0v) is 12.2. The molecule has 0 aromatic heterocycles. The van der Waals surface area contributed by atoms with Crippen molar-refractivity contribution < 1.29 is 9.59 Å². The van der Waals surface area contributed by atoms with Crippen molar-refractivity contribution in [1.82, 2.24) is 4.90 Å². The van der Waals surface area contributed by atoms with Crippen LogP contribution in [0.2, 0.25) is 10.0 Å². The van der Waals surface area contributed by atoms with E-state index in [4.69, 9.17) is 23.2 Å². The first kappa shape index (κ1) is 14.2. The molecule has 3 amide bonds. The lowest BCUT2D eigenvalue weighted by molar-refractivity contribution is -0.119. The number of hydrogen-bond acceptors (Lipinski definition) is 2. The van der Waals surface area contributed by atoms with Gasteiger partial charge in [0.1, 0.15) is 6.04 Å². The Morgan fingerprint density at radius 3 is 2.26 bits per heavy atom. The summed E-state index contributed by atoms with van der Waals surface area (Å²) in [6, 6.07) is 3.91. The molecule has 4 nitrogen and oxygen atoms in total. The Hall–Kier alpha value is -1.26. The third-order valence-corrected chi connectivity index (χ3v) is 3.49. The Morgan fingerprint density at radius 2 is 1.74 bits per heavy atom. The van der Waals surface area contributed by atoms with Gasteiger partial charge in [0.25, 0.3) is 5.91 Å². The number of benzene rings is 1. The Morgan fingerprint density at radius 1 is 1.16 bits per heavy atom. The van der Waals surface area contributed by atoms with E-state index < -0.39 is 6.04 Å². The van der Waals surface area contributed by atoms with Crippen molar-refractivity contribution in [3.05, 3.63) is 28.2 Å². The van der Waals surface area contributed by atoms with Gasteiger partial charge in [0.2, 0.25) is 0 Å². The van der Waals surface area contributed by atoms with Crippen LogP contribution in [0.25, 0.3) is 0 Å². The van der Waals surface area contributed by atoms with Crippen LogP contribution in [0.4, 0.5) is 10.5 Å². The molecule has 0 spiro atoms. The van der Waals surface area contributed by atoms with Gasteiger partial charge in [-0.25, -0.2) is 9.69 Å². The number of urea groups is 1. The van der Waals surface area contributed by atoms with Gasteiger partial charge in [-0.2, -0.15) is 0 Å². The van der Waals surface area contributed by atoms with E-state index in [1.54, 1.807) is 30.0 Å². The Bertz CT molecular complexity index is 513. The third-order valence-electron chi connectivity index (χ3n) is 3.05. The van der Waals surface area contributed by atoms with E-state index in [-0.39, 0.29) is 11.9 Å². The molecule has 0 radical (unpaired) electrons. The highest BCUT2D eigenvalue weighted by molar-refractivity contribution is 6.35. The lowest BCUT2D eigenvalue weighted by Crippen LogP contribution is -2.34. The smallest absolute Gasteiger partial charge is 0.312 e. The molecule has 1 aliphatic rings. The number of rotatable bonds is 3. The van der Waals surface area contributed by atoms with Gasteiger partial charge in [-0.1, -0.05) is 30.1 Å². The van der Waals surface area contributed by atoms with Crippen molar-refractivity contribution in [2.45, 2.75) is 26.3 Å². The van der Waals surface area contributed by atoms with Crippen LogP contribution in [0.15, 0.2) is 18.2 Å². The summed E-state index contributed by atoms with van der Waals surface area (Å²) in [7, 11) is 0. The summed E-state index contributed by atoms with van der Waals surface area (Å²) in [4.78, 5) is 27.2. The molecule has 2 rings (SSSR count). The molecule has 1 aromatic carbocycles. The molecule has 102 valence electrons. The summed E-state index contributed by atoms with van der Waals surface area (Å²) in [6.45, 7) is 4.24. The summed E-state index contributed by atoms with van der Waals surface area (Å²) < 4.78 is 0. The van der Waals surface area contributed by atoms with E-state index in [2.05, 4.69) is 0 Å². The molecule has 1 unspecified atom stereocenters. The number of anilines is 1. The van der Waals surface area contributed by atoms with Crippen LogP contribution >= 0.6 is 23.2 Å². The summed E-state index contributed by atoms with van der Waals surface area (Å²) in [5.41, 5.74) is 0.415. The fraction of sp³-hybridized carbons (Fsp3) is 0.385. The molecule has 0 aliphatic carbocycles. The highest BCUT2D eigenvalue weighted by atomic mass is 35.5. The zero-order valence-electron chi connectivity index (χ0n) is 10.7. The quantitative estimate of drug-likeness (QED) is 0.801. The number of nitrogens with zero attached hydrogens (tertiary/aromatic N) is 2. The zero-order chi connectivity index (χ0) is 14.2. The van der Waals surface area contributed by atoms with E-state index in [0.29, 0.717) is 22.3 Å².